The Morgan fingerprint density at radius 1 is 1.26 bits per heavy atom. The number of allylic oxidation sites excluding steroid dienone is 2. The lowest BCUT2D eigenvalue weighted by Gasteiger charge is -2.51. The van der Waals surface area contributed by atoms with Crippen LogP contribution in [0.5, 0.6) is 0 Å². The van der Waals surface area contributed by atoms with Gasteiger partial charge in [0.25, 0.3) is 5.91 Å². The first-order chi connectivity index (χ1) is 13.3. The lowest BCUT2D eigenvalue weighted by molar-refractivity contribution is -0.124. The molecule has 3 saturated heterocycles. The van der Waals surface area contributed by atoms with Gasteiger partial charge in [-0.15, -0.1) is 0 Å². The van der Waals surface area contributed by atoms with Crippen LogP contribution in [0, 0.1) is 11.8 Å². The Balaban J connectivity index is 1.32. The zero-order valence-electron chi connectivity index (χ0n) is 15.3. The average molecular weight is 363 g/mol. The first-order valence-electron chi connectivity index (χ1n) is 9.95. The molecule has 1 aliphatic carbocycles. The number of nitrogens with zero attached hydrogens (tertiary/aromatic N) is 2. The van der Waals surface area contributed by atoms with E-state index in [1.54, 1.807) is 0 Å². The summed E-state index contributed by atoms with van der Waals surface area (Å²) in [4.78, 5) is 19.7. The van der Waals surface area contributed by atoms with Crippen molar-refractivity contribution in [3.8, 4) is 0 Å². The molecule has 1 aromatic heterocycles. The Labute approximate surface area is 159 Å². The van der Waals surface area contributed by atoms with E-state index >= 15 is 0 Å². The molecule has 5 heterocycles. The Morgan fingerprint density at radius 3 is 2.89 bits per heavy atom. The maximum Gasteiger partial charge on any atom is 0.286 e. The quantitative estimate of drug-likeness (QED) is 0.891. The number of carbonyl (C=O) groups is 1. The number of rotatable bonds is 4. The van der Waals surface area contributed by atoms with Crippen molar-refractivity contribution in [2.75, 3.05) is 13.1 Å². The Morgan fingerprint density at radius 2 is 2.11 bits per heavy atom. The van der Waals surface area contributed by atoms with Gasteiger partial charge in [0.05, 0.1) is 0 Å². The van der Waals surface area contributed by atoms with Crippen molar-refractivity contribution in [2.45, 2.75) is 37.5 Å². The molecule has 1 aromatic rings. The molecule has 5 aliphatic rings. The monoisotopic (exact) mass is 363 g/mol. The summed E-state index contributed by atoms with van der Waals surface area (Å²) in [5.74, 6) is 1.12. The number of pyridine rings is 1. The van der Waals surface area contributed by atoms with Crippen molar-refractivity contribution in [2.24, 2.45) is 11.8 Å². The zero-order chi connectivity index (χ0) is 18.2. The molecule has 0 spiro atoms. The maximum atomic E-state index is 12.9. The predicted octanol–water partition coefficient (Wildman–Crippen LogP) is 2.23. The summed E-state index contributed by atoms with van der Waals surface area (Å²) in [6, 6.07) is 4.61. The van der Waals surface area contributed by atoms with Crippen LogP contribution >= 0.6 is 0 Å². The molecular formula is C22H25N3O2. The molecule has 1 amide bonds. The lowest BCUT2D eigenvalue weighted by Crippen LogP contribution is -2.64. The van der Waals surface area contributed by atoms with E-state index in [4.69, 9.17) is 4.74 Å². The molecule has 2 bridgehead atoms. The van der Waals surface area contributed by atoms with Crippen LogP contribution in [0.25, 0.3) is 0 Å². The minimum absolute atomic E-state index is 0.0338. The summed E-state index contributed by atoms with van der Waals surface area (Å²) >= 11 is 0. The summed E-state index contributed by atoms with van der Waals surface area (Å²) in [5.41, 5.74) is 1.23. The first-order valence-corrected chi connectivity index (χ1v) is 9.95. The summed E-state index contributed by atoms with van der Waals surface area (Å²) in [6.45, 7) is 2.25. The molecule has 4 atom stereocenters. The molecule has 140 valence electrons. The number of amides is 1. The average Bonchev–Trinajstić information content (AvgIpc) is 3.16. The SMILES string of the molecule is O=C(NC1C2CCN(CC2)C1Cc1cccnc1)C1=CC2C=CC=CC2O1. The van der Waals surface area contributed by atoms with E-state index in [0.717, 1.165) is 32.4 Å². The third-order valence-electron chi connectivity index (χ3n) is 6.39. The Bertz CT molecular complexity index is 793. The molecule has 27 heavy (non-hydrogen) atoms. The lowest BCUT2D eigenvalue weighted by atomic mass is 9.76. The van der Waals surface area contributed by atoms with Gasteiger partial charge >= 0.3 is 0 Å². The molecule has 5 nitrogen and oxygen atoms in total. The van der Waals surface area contributed by atoms with Crippen molar-refractivity contribution in [3.05, 3.63) is 66.2 Å². The number of aromatic nitrogens is 1. The van der Waals surface area contributed by atoms with Gasteiger partial charge in [-0.2, -0.15) is 0 Å². The van der Waals surface area contributed by atoms with Gasteiger partial charge in [-0.3, -0.25) is 14.7 Å². The van der Waals surface area contributed by atoms with Crippen molar-refractivity contribution in [1.29, 1.82) is 0 Å². The number of ether oxygens (including phenoxy) is 1. The third kappa shape index (κ3) is 3.21. The minimum atomic E-state index is -0.0684. The van der Waals surface area contributed by atoms with Gasteiger partial charge < -0.3 is 10.1 Å². The fraction of sp³-hybridized carbons (Fsp3) is 0.455. The second-order valence-corrected chi connectivity index (χ2v) is 7.97. The van der Waals surface area contributed by atoms with E-state index in [1.165, 1.54) is 5.56 Å². The van der Waals surface area contributed by atoms with Gasteiger partial charge in [0.1, 0.15) is 6.10 Å². The van der Waals surface area contributed by atoms with Crippen LogP contribution in [0.15, 0.2) is 60.7 Å². The largest absolute Gasteiger partial charge is 0.480 e. The molecule has 3 fully saturated rings. The van der Waals surface area contributed by atoms with Gasteiger partial charge in [0, 0.05) is 30.4 Å². The third-order valence-corrected chi connectivity index (χ3v) is 6.39. The summed E-state index contributed by atoms with van der Waals surface area (Å²) in [7, 11) is 0. The summed E-state index contributed by atoms with van der Waals surface area (Å²) in [5, 5.41) is 3.33. The standard InChI is InChI=1S/C22H25N3O2/c26-22(20-13-17-5-1-2-6-19(17)27-20)24-21-16-7-10-25(11-8-16)18(21)12-15-4-3-9-23-14-15/h1-6,9,13-14,16-19,21H,7-8,10-12H2,(H,24,26). The van der Waals surface area contributed by atoms with Crippen LogP contribution in [-0.4, -0.2) is 47.1 Å². The highest BCUT2D eigenvalue weighted by Gasteiger charge is 2.43. The Hall–Kier alpha value is -2.40. The molecule has 5 heteroatoms. The molecule has 1 N–H and O–H groups in total. The Kier molecular flexibility index (Phi) is 4.32. The van der Waals surface area contributed by atoms with Crippen LogP contribution in [0.1, 0.15) is 18.4 Å². The summed E-state index contributed by atoms with van der Waals surface area (Å²) < 4.78 is 5.89. The second kappa shape index (κ2) is 6.97. The smallest absolute Gasteiger partial charge is 0.286 e. The van der Waals surface area contributed by atoms with E-state index in [-0.39, 0.29) is 24.0 Å². The van der Waals surface area contributed by atoms with Gasteiger partial charge in [-0.1, -0.05) is 24.3 Å². The van der Waals surface area contributed by atoms with Crippen LogP contribution in [0.2, 0.25) is 0 Å². The highest BCUT2D eigenvalue weighted by atomic mass is 16.5. The molecule has 4 aliphatic heterocycles. The van der Waals surface area contributed by atoms with Crippen LogP contribution in [0.4, 0.5) is 0 Å². The molecule has 0 radical (unpaired) electrons. The molecular weight excluding hydrogens is 338 g/mol. The maximum absolute atomic E-state index is 12.9. The number of nitrogens with one attached hydrogen (secondary N) is 1. The number of carbonyl (C=O) groups excluding carboxylic acids is 1. The van der Waals surface area contributed by atoms with Gasteiger partial charge in [0.15, 0.2) is 5.76 Å². The number of piperidine rings is 3. The highest BCUT2D eigenvalue weighted by Crippen LogP contribution is 2.35. The molecule has 4 unspecified atom stereocenters. The van der Waals surface area contributed by atoms with Crippen LogP contribution in [0.3, 0.4) is 0 Å². The van der Waals surface area contributed by atoms with E-state index in [9.17, 15) is 4.79 Å². The van der Waals surface area contributed by atoms with Crippen molar-refractivity contribution in [3.63, 3.8) is 0 Å². The van der Waals surface area contributed by atoms with Crippen molar-refractivity contribution < 1.29 is 9.53 Å². The topological polar surface area (TPSA) is 54.5 Å². The fourth-order valence-corrected chi connectivity index (χ4v) is 4.97. The van der Waals surface area contributed by atoms with Gasteiger partial charge in [0.2, 0.25) is 0 Å². The summed E-state index contributed by atoms with van der Waals surface area (Å²) in [6.07, 6.45) is 17.0. The van der Waals surface area contributed by atoms with Crippen molar-refractivity contribution >= 4 is 5.91 Å². The van der Waals surface area contributed by atoms with Crippen molar-refractivity contribution in [1.82, 2.24) is 15.2 Å². The minimum Gasteiger partial charge on any atom is -0.480 e. The van der Waals surface area contributed by atoms with E-state index in [1.807, 2.05) is 42.8 Å². The number of hydrogen-bond acceptors (Lipinski definition) is 4. The number of fused-ring (bicyclic) bond motifs is 4. The fourth-order valence-electron chi connectivity index (χ4n) is 4.97. The van der Waals surface area contributed by atoms with Crippen LogP contribution < -0.4 is 5.32 Å². The van der Waals surface area contributed by atoms with Gasteiger partial charge in [-0.25, -0.2) is 0 Å². The zero-order valence-corrected chi connectivity index (χ0v) is 15.3. The second-order valence-electron chi connectivity index (χ2n) is 7.97. The van der Waals surface area contributed by atoms with E-state index in [0.29, 0.717) is 17.7 Å². The van der Waals surface area contributed by atoms with E-state index < -0.39 is 0 Å². The predicted molar refractivity (Wildman–Crippen MR) is 103 cm³/mol. The highest BCUT2D eigenvalue weighted by molar-refractivity contribution is 5.92. The van der Waals surface area contributed by atoms with E-state index in [2.05, 4.69) is 27.3 Å². The molecule has 0 aromatic carbocycles. The van der Waals surface area contributed by atoms with Crippen LogP contribution in [-0.2, 0) is 16.0 Å². The molecule has 6 rings (SSSR count). The molecule has 0 saturated carbocycles. The number of hydrogen-bond donors (Lipinski definition) is 1. The first kappa shape index (κ1) is 16.8. The van der Waals surface area contributed by atoms with Gasteiger partial charge in [-0.05, 0) is 62.1 Å². The normalized spacial score (nSPS) is 36.1.